The van der Waals surface area contributed by atoms with Crippen LogP contribution in [0, 0.1) is 0 Å². The molecule has 1 atom stereocenters. The van der Waals surface area contributed by atoms with Crippen LogP contribution >= 0.6 is 11.8 Å². The van der Waals surface area contributed by atoms with E-state index in [1.165, 1.54) is 4.31 Å². The molecule has 8 heteroatoms. The summed E-state index contributed by atoms with van der Waals surface area (Å²) < 4.78 is 24.4. The van der Waals surface area contributed by atoms with Gasteiger partial charge in [0.1, 0.15) is 0 Å². The standard InChI is InChI=1S/C12H25N3O3S2/c1-3-20(17,18)15(2)7-4-5-14-12(16)9-11-10-19-8-6-13-11/h11,13H,3-10H2,1-2H3,(H,14,16). The van der Waals surface area contributed by atoms with Crippen LogP contribution in [0.1, 0.15) is 19.8 Å². The predicted octanol–water partition coefficient (Wildman–Crippen LogP) is -0.131. The van der Waals surface area contributed by atoms with Crippen molar-refractivity contribution in [2.75, 3.05) is 43.9 Å². The summed E-state index contributed by atoms with van der Waals surface area (Å²) in [6.45, 7) is 3.54. The van der Waals surface area contributed by atoms with Gasteiger partial charge in [0.25, 0.3) is 0 Å². The Balaban J connectivity index is 2.12. The summed E-state index contributed by atoms with van der Waals surface area (Å²) in [5, 5.41) is 6.16. The van der Waals surface area contributed by atoms with Crippen LogP contribution in [-0.4, -0.2) is 68.6 Å². The summed E-state index contributed by atoms with van der Waals surface area (Å²) in [5.74, 6) is 2.23. The third kappa shape index (κ3) is 6.43. The molecule has 6 nitrogen and oxygen atoms in total. The van der Waals surface area contributed by atoms with E-state index in [0.29, 0.717) is 25.9 Å². The monoisotopic (exact) mass is 323 g/mol. The van der Waals surface area contributed by atoms with E-state index in [2.05, 4.69) is 10.6 Å². The Hall–Kier alpha value is -0.310. The van der Waals surface area contributed by atoms with Crippen LogP contribution < -0.4 is 10.6 Å². The summed E-state index contributed by atoms with van der Waals surface area (Å²) in [7, 11) is -1.54. The first-order chi connectivity index (χ1) is 9.45. The number of nitrogens with zero attached hydrogens (tertiary/aromatic N) is 1. The quantitative estimate of drug-likeness (QED) is 0.608. The lowest BCUT2D eigenvalue weighted by molar-refractivity contribution is -0.121. The Bertz CT molecular complexity index is 395. The van der Waals surface area contributed by atoms with Crippen molar-refractivity contribution in [3.63, 3.8) is 0 Å². The van der Waals surface area contributed by atoms with Crippen molar-refractivity contribution >= 4 is 27.7 Å². The van der Waals surface area contributed by atoms with Crippen LogP contribution in [-0.2, 0) is 14.8 Å². The van der Waals surface area contributed by atoms with E-state index < -0.39 is 10.0 Å². The van der Waals surface area contributed by atoms with Crippen molar-refractivity contribution < 1.29 is 13.2 Å². The molecule has 0 aromatic carbocycles. The van der Waals surface area contributed by atoms with Crippen LogP contribution in [0.25, 0.3) is 0 Å². The Morgan fingerprint density at radius 2 is 2.25 bits per heavy atom. The number of carbonyl (C=O) groups excluding carboxylic acids is 1. The second-order valence-corrected chi connectivity index (χ2v) is 8.37. The van der Waals surface area contributed by atoms with E-state index in [1.54, 1.807) is 14.0 Å². The lowest BCUT2D eigenvalue weighted by Gasteiger charge is -2.22. The van der Waals surface area contributed by atoms with Gasteiger partial charge in [-0.05, 0) is 13.3 Å². The maximum absolute atomic E-state index is 11.7. The Kier molecular flexibility index (Phi) is 7.86. The maximum Gasteiger partial charge on any atom is 0.221 e. The van der Waals surface area contributed by atoms with Crippen molar-refractivity contribution in [1.29, 1.82) is 0 Å². The summed E-state index contributed by atoms with van der Waals surface area (Å²) in [6, 6.07) is 0.261. The first kappa shape index (κ1) is 17.7. The van der Waals surface area contributed by atoms with Gasteiger partial charge in [0.2, 0.25) is 15.9 Å². The van der Waals surface area contributed by atoms with Gasteiger partial charge in [-0.25, -0.2) is 12.7 Å². The average molecular weight is 323 g/mol. The highest BCUT2D eigenvalue weighted by atomic mass is 32.2. The fourth-order valence-electron chi connectivity index (χ4n) is 1.94. The molecule has 0 spiro atoms. The molecule has 0 aromatic heterocycles. The number of sulfonamides is 1. The van der Waals surface area contributed by atoms with Gasteiger partial charge in [0.05, 0.1) is 5.75 Å². The molecule has 20 heavy (non-hydrogen) atoms. The second kappa shape index (κ2) is 8.86. The van der Waals surface area contributed by atoms with Gasteiger partial charge < -0.3 is 10.6 Å². The van der Waals surface area contributed by atoms with E-state index >= 15 is 0 Å². The van der Waals surface area contributed by atoms with Crippen LogP contribution in [0.15, 0.2) is 0 Å². The average Bonchev–Trinajstić information content (AvgIpc) is 2.44. The molecule has 1 amide bonds. The van der Waals surface area contributed by atoms with Crippen LogP contribution in [0.3, 0.4) is 0 Å². The number of carbonyl (C=O) groups is 1. The number of nitrogens with one attached hydrogen (secondary N) is 2. The summed E-state index contributed by atoms with van der Waals surface area (Å²) in [6.07, 6.45) is 1.13. The number of thioether (sulfide) groups is 1. The Morgan fingerprint density at radius 1 is 1.50 bits per heavy atom. The van der Waals surface area contributed by atoms with Crippen molar-refractivity contribution in [1.82, 2.24) is 14.9 Å². The minimum absolute atomic E-state index is 0.0333. The number of hydrogen-bond donors (Lipinski definition) is 2. The predicted molar refractivity (Wildman–Crippen MR) is 83.5 cm³/mol. The zero-order chi connectivity index (χ0) is 15.0. The highest BCUT2D eigenvalue weighted by Crippen LogP contribution is 2.09. The molecular weight excluding hydrogens is 298 g/mol. The maximum atomic E-state index is 11.7. The summed E-state index contributed by atoms with van der Waals surface area (Å²) in [4.78, 5) is 11.7. The van der Waals surface area contributed by atoms with Crippen LogP contribution in [0.4, 0.5) is 0 Å². The van der Waals surface area contributed by atoms with E-state index in [-0.39, 0.29) is 17.7 Å². The molecule has 1 saturated heterocycles. The molecule has 118 valence electrons. The normalized spacial score (nSPS) is 20.1. The Labute approximate surface area is 126 Å². The third-order valence-electron chi connectivity index (χ3n) is 3.24. The lowest BCUT2D eigenvalue weighted by atomic mass is 10.2. The zero-order valence-corrected chi connectivity index (χ0v) is 13.9. The molecule has 1 aliphatic heterocycles. The largest absolute Gasteiger partial charge is 0.356 e. The zero-order valence-electron chi connectivity index (χ0n) is 12.2. The van der Waals surface area contributed by atoms with Gasteiger partial charge in [-0.2, -0.15) is 11.8 Å². The summed E-state index contributed by atoms with van der Waals surface area (Å²) in [5.41, 5.74) is 0. The van der Waals surface area contributed by atoms with Gasteiger partial charge in [0.15, 0.2) is 0 Å². The van der Waals surface area contributed by atoms with Crippen molar-refractivity contribution in [2.45, 2.75) is 25.8 Å². The van der Waals surface area contributed by atoms with Crippen molar-refractivity contribution in [3.05, 3.63) is 0 Å². The molecule has 1 fully saturated rings. The minimum atomic E-state index is -3.11. The molecular formula is C12H25N3O3S2. The first-order valence-electron chi connectivity index (χ1n) is 6.97. The molecule has 1 unspecified atom stereocenters. The Morgan fingerprint density at radius 3 is 2.85 bits per heavy atom. The van der Waals surface area contributed by atoms with Gasteiger partial charge in [0, 0.05) is 50.7 Å². The van der Waals surface area contributed by atoms with Crippen molar-refractivity contribution in [2.24, 2.45) is 0 Å². The molecule has 1 rings (SSSR count). The number of rotatable bonds is 8. The molecule has 1 aliphatic rings. The fraction of sp³-hybridized carbons (Fsp3) is 0.917. The van der Waals surface area contributed by atoms with Crippen molar-refractivity contribution in [3.8, 4) is 0 Å². The minimum Gasteiger partial charge on any atom is -0.356 e. The SMILES string of the molecule is CCS(=O)(=O)N(C)CCCNC(=O)CC1CSCCN1. The topological polar surface area (TPSA) is 78.5 Å². The van der Waals surface area contributed by atoms with Gasteiger partial charge in [-0.1, -0.05) is 0 Å². The van der Waals surface area contributed by atoms with Crippen LogP contribution in [0.2, 0.25) is 0 Å². The van der Waals surface area contributed by atoms with Gasteiger partial charge >= 0.3 is 0 Å². The van der Waals surface area contributed by atoms with E-state index in [9.17, 15) is 13.2 Å². The molecule has 0 aromatic rings. The molecule has 0 saturated carbocycles. The number of hydrogen-bond acceptors (Lipinski definition) is 5. The molecule has 0 aliphatic carbocycles. The lowest BCUT2D eigenvalue weighted by Crippen LogP contribution is -2.41. The highest BCUT2D eigenvalue weighted by Gasteiger charge is 2.17. The fourth-order valence-corrected chi connectivity index (χ4v) is 3.73. The van der Waals surface area contributed by atoms with E-state index in [1.807, 2.05) is 11.8 Å². The van der Waals surface area contributed by atoms with Gasteiger partial charge in [-0.15, -0.1) is 0 Å². The second-order valence-electron chi connectivity index (χ2n) is 4.86. The molecule has 0 bridgehead atoms. The summed E-state index contributed by atoms with van der Waals surface area (Å²) >= 11 is 1.87. The van der Waals surface area contributed by atoms with E-state index in [0.717, 1.165) is 18.1 Å². The first-order valence-corrected chi connectivity index (χ1v) is 9.74. The third-order valence-corrected chi connectivity index (χ3v) is 6.23. The van der Waals surface area contributed by atoms with Crippen LogP contribution in [0.5, 0.6) is 0 Å². The smallest absolute Gasteiger partial charge is 0.221 e. The van der Waals surface area contributed by atoms with E-state index in [4.69, 9.17) is 0 Å². The number of amides is 1. The molecule has 2 N–H and O–H groups in total. The van der Waals surface area contributed by atoms with Gasteiger partial charge in [-0.3, -0.25) is 4.79 Å². The molecule has 0 radical (unpaired) electrons. The highest BCUT2D eigenvalue weighted by molar-refractivity contribution is 7.99. The molecule has 1 heterocycles.